The molecule has 10 nitrogen and oxygen atoms in total. The molecule has 3 amide bonds. The SMILES string of the molecule is N[C@@H]1CCCCNC(=O)[C@H](CC(=O)O)NC(=O)[C@H](Cc2c[nH]c3ccccc23)NC1=O. The molecular weight excluding hydrogens is 402 g/mol. The number of nitrogens with one attached hydrogen (secondary N) is 4. The maximum Gasteiger partial charge on any atom is 0.305 e. The number of carbonyl (C=O) groups is 4. The van der Waals surface area contributed by atoms with Gasteiger partial charge in [0.25, 0.3) is 0 Å². The van der Waals surface area contributed by atoms with Crippen LogP contribution in [0.1, 0.15) is 31.2 Å². The number of aromatic nitrogens is 1. The van der Waals surface area contributed by atoms with Crippen LogP contribution in [-0.2, 0) is 25.6 Å². The number of aromatic amines is 1. The van der Waals surface area contributed by atoms with Gasteiger partial charge in [-0.25, -0.2) is 0 Å². The first-order chi connectivity index (χ1) is 14.8. The molecule has 1 fully saturated rings. The number of para-hydroxylation sites is 1. The molecule has 166 valence electrons. The fraction of sp³-hybridized carbons (Fsp3) is 0.429. The van der Waals surface area contributed by atoms with Gasteiger partial charge in [0.05, 0.1) is 12.5 Å². The van der Waals surface area contributed by atoms with Crippen LogP contribution >= 0.6 is 0 Å². The number of carboxylic acid groups (broad SMARTS) is 1. The lowest BCUT2D eigenvalue weighted by atomic mass is 10.0. The molecule has 7 N–H and O–H groups in total. The number of amides is 3. The molecule has 2 aromatic rings. The van der Waals surface area contributed by atoms with Gasteiger partial charge in [0.2, 0.25) is 17.7 Å². The van der Waals surface area contributed by atoms with Crippen LogP contribution in [0.4, 0.5) is 0 Å². The van der Waals surface area contributed by atoms with E-state index in [0.29, 0.717) is 25.8 Å². The molecule has 3 atom stereocenters. The maximum absolute atomic E-state index is 13.0. The minimum atomic E-state index is -1.25. The second-order valence-electron chi connectivity index (χ2n) is 7.68. The van der Waals surface area contributed by atoms with Crippen molar-refractivity contribution in [1.29, 1.82) is 0 Å². The maximum atomic E-state index is 13.0. The summed E-state index contributed by atoms with van der Waals surface area (Å²) in [6, 6.07) is 4.47. The van der Waals surface area contributed by atoms with Crippen molar-refractivity contribution in [2.24, 2.45) is 5.73 Å². The minimum absolute atomic E-state index is 0.149. The van der Waals surface area contributed by atoms with E-state index in [1.54, 1.807) is 6.20 Å². The van der Waals surface area contributed by atoms with Crippen molar-refractivity contribution in [3.63, 3.8) is 0 Å². The molecule has 10 heteroatoms. The van der Waals surface area contributed by atoms with Crippen molar-refractivity contribution in [1.82, 2.24) is 20.9 Å². The number of rotatable bonds is 4. The van der Waals surface area contributed by atoms with Crippen LogP contribution in [-0.4, -0.2) is 58.5 Å². The molecule has 0 bridgehead atoms. The number of carbonyl (C=O) groups excluding carboxylic acids is 3. The highest BCUT2D eigenvalue weighted by atomic mass is 16.4. The van der Waals surface area contributed by atoms with Gasteiger partial charge in [0.15, 0.2) is 0 Å². The second kappa shape index (κ2) is 10.1. The predicted molar refractivity (Wildman–Crippen MR) is 113 cm³/mol. The number of benzene rings is 1. The number of nitrogens with two attached hydrogens (primary N) is 1. The van der Waals surface area contributed by atoms with E-state index in [1.807, 2.05) is 24.3 Å². The molecule has 31 heavy (non-hydrogen) atoms. The number of aliphatic carboxylic acids is 1. The van der Waals surface area contributed by atoms with Crippen LogP contribution in [0.25, 0.3) is 10.9 Å². The Bertz CT molecular complexity index is 972. The average molecular weight is 429 g/mol. The number of hydrogen-bond acceptors (Lipinski definition) is 5. The molecule has 1 aliphatic heterocycles. The minimum Gasteiger partial charge on any atom is -0.481 e. The number of fused-ring (bicyclic) bond motifs is 1. The Hall–Kier alpha value is -3.40. The molecule has 3 rings (SSSR count). The smallest absolute Gasteiger partial charge is 0.305 e. The third-order valence-electron chi connectivity index (χ3n) is 5.32. The third kappa shape index (κ3) is 5.82. The lowest BCUT2D eigenvalue weighted by molar-refractivity contribution is -0.141. The van der Waals surface area contributed by atoms with Gasteiger partial charge in [-0.2, -0.15) is 0 Å². The number of H-pyrrole nitrogens is 1. The molecule has 1 aromatic heterocycles. The van der Waals surface area contributed by atoms with Crippen LogP contribution in [0.15, 0.2) is 30.5 Å². The Morgan fingerprint density at radius 3 is 2.55 bits per heavy atom. The van der Waals surface area contributed by atoms with E-state index in [-0.39, 0.29) is 6.42 Å². The summed E-state index contributed by atoms with van der Waals surface area (Å²) < 4.78 is 0. The van der Waals surface area contributed by atoms with Crippen molar-refractivity contribution in [2.45, 2.75) is 50.2 Å². The zero-order valence-corrected chi connectivity index (χ0v) is 17.0. The summed E-state index contributed by atoms with van der Waals surface area (Å²) in [4.78, 5) is 52.4. The molecule has 2 heterocycles. The average Bonchev–Trinajstić information content (AvgIpc) is 3.14. The van der Waals surface area contributed by atoms with Crippen LogP contribution in [0, 0.1) is 0 Å². The monoisotopic (exact) mass is 429 g/mol. The van der Waals surface area contributed by atoms with Crippen molar-refractivity contribution in [3.8, 4) is 0 Å². The molecule has 0 saturated carbocycles. The van der Waals surface area contributed by atoms with Gasteiger partial charge in [-0.15, -0.1) is 0 Å². The molecule has 0 radical (unpaired) electrons. The van der Waals surface area contributed by atoms with Gasteiger partial charge in [0.1, 0.15) is 12.1 Å². The van der Waals surface area contributed by atoms with Crippen molar-refractivity contribution >= 4 is 34.6 Å². The third-order valence-corrected chi connectivity index (χ3v) is 5.32. The van der Waals surface area contributed by atoms with E-state index >= 15 is 0 Å². The van der Waals surface area contributed by atoms with Gasteiger partial charge in [0, 0.05) is 30.1 Å². The van der Waals surface area contributed by atoms with Crippen LogP contribution < -0.4 is 21.7 Å². The summed E-state index contributed by atoms with van der Waals surface area (Å²) >= 11 is 0. The molecular formula is C21H27N5O5. The lowest BCUT2D eigenvalue weighted by Gasteiger charge is -2.23. The Labute approximate surface area is 178 Å². The first-order valence-corrected chi connectivity index (χ1v) is 10.3. The second-order valence-corrected chi connectivity index (χ2v) is 7.68. The first kappa shape index (κ1) is 22.3. The van der Waals surface area contributed by atoms with Gasteiger partial charge in [-0.3, -0.25) is 19.2 Å². The van der Waals surface area contributed by atoms with E-state index < -0.39 is 48.2 Å². The van der Waals surface area contributed by atoms with Crippen LogP contribution in [0.3, 0.4) is 0 Å². The summed E-state index contributed by atoms with van der Waals surface area (Å²) in [5.74, 6) is -2.90. The summed E-state index contributed by atoms with van der Waals surface area (Å²) in [7, 11) is 0. The first-order valence-electron chi connectivity index (χ1n) is 10.3. The predicted octanol–water partition coefficient (Wildman–Crippen LogP) is -0.218. The van der Waals surface area contributed by atoms with E-state index in [1.165, 1.54) is 0 Å². The fourth-order valence-electron chi connectivity index (χ4n) is 3.62. The van der Waals surface area contributed by atoms with E-state index in [2.05, 4.69) is 20.9 Å². The fourth-order valence-corrected chi connectivity index (χ4v) is 3.62. The number of carboxylic acids is 1. The van der Waals surface area contributed by atoms with Gasteiger partial charge in [-0.1, -0.05) is 18.2 Å². The Kier molecular flexibility index (Phi) is 7.24. The van der Waals surface area contributed by atoms with Crippen molar-refractivity contribution < 1.29 is 24.3 Å². The summed E-state index contributed by atoms with van der Waals surface area (Å²) in [6.45, 7) is 0.304. The summed E-state index contributed by atoms with van der Waals surface area (Å²) in [5.41, 5.74) is 7.66. The molecule has 0 aliphatic carbocycles. The standard InChI is InChI=1S/C21H27N5O5/c22-14-6-3-4-8-23-20(30)17(10-18(27)28)26-21(31)16(25-19(14)29)9-12-11-24-15-7-2-1-5-13(12)15/h1-2,5,7,11,14,16-17,24H,3-4,6,8-10,22H2,(H,23,30)(H,25,29)(H,26,31)(H,27,28)/t14-,16+,17+/m1/s1. The zero-order valence-electron chi connectivity index (χ0n) is 17.0. The van der Waals surface area contributed by atoms with Gasteiger partial charge >= 0.3 is 5.97 Å². The molecule has 1 aromatic carbocycles. The quantitative estimate of drug-likeness (QED) is 0.393. The van der Waals surface area contributed by atoms with Crippen LogP contribution in [0.2, 0.25) is 0 Å². The van der Waals surface area contributed by atoms with Crippen molar-refractivity contribution in [3.05, 3.63) is 36.0 Å². The topological polar surface area (TPSA) is 166 Å². The van der Waals surface area contributed by atoms with Crippen LogP contribution in [0.5, 0.6) is 0 Å². The lowest BCUT2D eigenvalue weighted by Crippen LogP contribution is -2.56. The molecule has 0 unspecified atom stereocenters. The summed E-state index contributed by atoms with van der Waals surface area (Å²) in [5, 5.41) is 17.9. The highest BCUT2D eigenvalue weighted by molar-refractivity contribution is 5.95. The Morgan fingerprint density at radius 2 is 1.77 bits per heavy atom. The van der Waals surface area contributed by atoms with Gasteiger partial charge in [-0.05, 0) is 30.9 Å². The Morgan fingerprint density at radius 1 is 1.03 bits per heavy atom. The van der Waals surface area contributed by atoms with E-state index in [4.69, 9.17) is 10.8 Å². The van der Waals surface area contributed by atoms with Gasteiger partial charge < -0.3 is 31.8 Å². The normalized spacial score (nSPS) is 23.6. The highest BCUT2D eigenvalue weighted by Gasteiger charge is 2.30. The summed E-state index contributed by atoms with van der Waals surface area (Å²) in [6.07, 6.45) is 2.93. The van der Waals surface area contributed by atoms with E-state index in [9.17, 15) is 19.2 Å². The molecule has 1 saturated heterocycles. The number of hydrogen-bond donors (Lipinski definition) is 6. The molecule has 0 spiro atoms. The largest absolute Gasteiger partial charge is 0.481 e. The highest BCUT2D eigenvalue weighted by Crippen LogP contribution is 2.19. The van der Waals surface area contributed by atoms with E-state index in [0.717, 1.165) is 16.5 Å². The Balaban J connectivity index is 1.87. The zero-order chi connectivity index (χ0) is 22.4. The van der Waals surface area contributed by atoms with Crippen molar-refractivity contribution in [2.75, 3.05) is 6.54 Å². The molecule has 1 aliphatic rings.